The molecule has 2 aliphatic rings. The maximum atomic E-state index is 13.7. The van der Waals surface area contributed by atoms with Crippen LogP contribution in [0.2, 0.25) is 0 Å². The van der Waals surface area contributed by atoms with Crippen LogP contribution < -0.4 is 10.1 Å². The van der Waals surface area contributed by atoms with E-state index in [1.54, 1.807) is 37.9 Å². The Kier molecular flexibility index (Phi) is 8.33. The number of non-ortho nitro benzene ring substituents is 1. The third kappa shape index (κ3) is 5.56. The Morgan fingerprint density at radius 3 is 2.70 bits per heavy atom. The lowest BCUT2D eigenvalue weighted by Gasteiger charge is -2.36. The monoisotopic (exact) mass is 522 g/mol. The largest absolute Gasteiger partial charge is 0.496 e. The zero-order valence-electron chi connectivity index (χ0n) is 21.1. The Hall–Kier alpha value is -3.59. The number of nitro groups is 1. The van der Waals surface area contributed by atoms with Gasteiger partial charge in [0.1, 0.15) is 12.4 Å². The summed E-state index contributed by atoms with van der Waals surface area (Å²) < 4.78 is 11.1. The molecule has 0 unspecified atom stereocenters. The van der Waals surface area contributed by atoms with Crippen molar-refractivity contribution < 1.29 is 24.0 Å². The molecule has 0 bridgehead atoms. The molecule has 0 amide bonds. The second kappa shape index (κ2) is 11.6. The van der Waals surface area contributed by atoms with Gasteiger partial charge in [0.25, 0.3) is 5.69 Å². The Labute approximate surface area is 220 Å². The molecule has 37 heavy (non-hydrogen) atoms. The molecule has 8 nitrogen and oxygen atoms in total. The minimum Gasteiger partial charge on any atom is -0.496 e. The molecule has 0 fully saturated rings. The van der Waals surface area contributed by atoms with Crippen molar-refractivity contribution in [3.05, 3.63) is 92.3 Å². The quantitative estimate of drug-likeness (QED) is 0.206. The molecule has 0 aromatic heterocycles. The maximum absolute atomic E-state index is 13.7. The predicted molar refractivity (Wildman–Crippen MR) is 143 cm³/mol. The molecule has 9 heteroatoms. The lowest BCUT2D eigenvalue weighted by Crippen LogP contribution is -2.36. The van der Waals surface area contributed by atoms with E-state index in [9.17, 15) is 19.7 Å². The summed E-state index contributed by atoms with van der Waals surface area (Å²) in [5.74, 6) is 0.801. The van der Waals surface area contributed by atoms with Crippen LogP contribution in [0, 0.1) is 10.1 Å². The molecule has 0 radical (unpaired) electrons. The second-order valence-corrected chi connectivity index (χ2v) is 10.3. The number of esters is 1. The summed E-state index contributed by atoms with van der Waals surface area (Å²) in [6, 6.07) is 13.8. The van der Waals surface area contributed by atoms with E-state index in [0.717, 1.165) is 22.8 Å². The van der Waals surface area contributed by atoms with Crippen molar-refractivity contribution in [3.8, 4) is 5.75 Å². The maximum Gasteiger partial charge on any atom is 0.336 e. The summed E-state index contributed by atoms with van der Waals surface area (Å²) in [6.07, 6.45) is 0.778. The fourth-order valence-electron chi connectivity index (χ4n) is 5.10. The van der Waals surface area contributed by atoms with Crippen LogP contribution in [0.5, 0.6) is 5.75 Å². The van der Waals surface area contributed by atoms with E-state index in [0.29, 0.717) is 34.6 Å². The van der Waals surface area contributed by atoms with Crippen LogP contribution in [0.4, 0.5) is 5.69 Å². The Bertz CT molecular complexity index is 1280. The summed E-state index contributed by atoms with van der Waals surface area (Å²) in [6.45, 7) is 4.05. The van der Waals surface area contributed by atoms with Gasteiger partial charge in [0.2, 0.25) is 0 Å². The average Bonchev–Trinajstić information content (AvgIpc) is 2.90. The number of methoxy groups -OCH3 is 1. The lowest BCUT2D eigenvalue weighted by atomic mass is 9.71. The molecule has 1 aliphatic carbocycles. The summed E-state index contributed by atoms with van der Waals surface area (Å²) >= 11 is 1.66. The fourth-order valence-corrected chi connectivity index (χ4v) is 5.59. The first-order valence-corrected chi connectivity index (χ1v) is 13.4. The SMILES string of the molecule is CCSCCOC(=O)C1=C(C)NC2=C(C(=O)C[C@@H](c3ccccc3OC)C2)[C@H]1c1cccc([N+](=O)[O-])c1. The zero-order chi connectivity index (χ0) is 26.5. The number of ether oxygens (including phenoxy) is 2. The van der Waals surface area contributed by atoms with Gasteiger partial charge in [-0.15, -0.1) is 0 Å². The molecule has 4 rings (SSSR count). The molecule has 194 valence electrons. The lowest BCUT2D eigenvalue weighted by molar-refractivity contribution is -0.384. The van der Waals surface area contributed by atoms with Gasteiger partial charge in [-0.2, -0.15) is 11.8 Å². The highest BCUT2D eigenvalue weighted by molar-refractivity contribution is 7.99. The molecular weight excluding hydrogens is 492 g/mol. The van der Waals surface area contributed by atoms with Crippen molar-refractivity contribution in [2.45, 2.75) is 38.5 Å². The highest BCUT2D eigenvalue weighted by atomic mass is 32.2. The van der Waals surface area contributed by atoms with E-state index in [-0.39, 0.29) is 30.4 Å². The second-order valence-electron chi connectivity index (χ2n) is 8.94. The van der Waals surface area contributed by atoms with Crippen LogP contribution >= 0.6 is 11.8 Å². The van der Waals surface area contributed by atoms with Crippen LogP contribution in [0.15, 0.2) is 71.1 Å². The summed E-state index contributed by atoms with van der Waals surface area (Å²) in [5.41, 5.74) is 3.44. The van der Waals surface area contributed by atoms with Gasteiger partial charge in [-0.3, -0.25) is 14.9 Å². The standard InChI is InChI=1S/C28H30N2O6S/c1-4-37-13-12-36-28(32)25-17(2)29-22-15-19(21-10-5-6-11-24(21)35-3)16-23(31)27(22)26(25)18-8-7-9-20(14-18)30(33)34/h5-11,14,19,26,29H,4,12-13,15-16H2,1-3H3/t19-,26-/m0/s1. The molecule has 1 heterocycles. The smallest absolute Gasteiger partial charge is 0.336 e. The van der Waals surface area contributed by atoms with Crippen LogP contribution in [-0.4, -0.2) is 41.9 Å². The van der Waals surface area contributed by atoms with Gasteiger partial charge in [0.05, 0.1) is 17.6 Å². The molecule has 2 atom stereocenters. The van der Waals surface area contributed by atoms with Gasteiger partial charge in [0.15, 0.2) is 5.78 Å². The van der Waals surface area contributed by atoms with Gasteiger partial charge in [0, 0.05) is 53.1 Å². The fraction of sp³-hybridized carbons (Fsp3) is 0.357. The number of allylic oxidation sites excluding steroid dienone is 3. The highest BCUT2D eigenvalue weighted by Gasteiger charge is 2.42. The molecule has 2 aromatic carbocycles. The van der Waals surface area contributed by atoms with E-state index in [1.807, 2.05) is 31.2 Å². The normalized spacial score (nSPS) is 19.3. The molecule has 0 saturated carbocycles. The van der Waals surface area contributed by atoms with E-state index >= 15 is 0 Å². The molecule has 1 N–H and O–H groups in total. The highest BCUT2D eigenvalue weighted by Crippen LogP contribution is 2.47. The minimum atomic E-state index is -0.756. The summed E-state index contributed by atoms with van der Waals surface area (Å²) in [7, 11) is 1.61. The van der Waals surface area contributed by atoms with Crippen LogP contribution in [0.25, 0.3) is 0 Å². The number of hydrogen-bond donors (Lipinski definition) is 1. The summed E-state index contributed by atoms with van der Waals surface area (Å²) in [4.78, 5) is 38.1. The molecule has 2 aromatic rings. The number of nitrogens with zero attached hydrogens (tertiary/aromatic N) is 1. The zero-order valence-corrected chi connectivity index (χ0v) is 21.9. The van der Waals surface area contributed by atoms with E-state index in [4.69, 9.17) is 9.47 Å². The predicted octanol–water partition coefficient (Wildman–Crippen LogP) is 5.26. The number of dihydropyridines is 1. The third-order valence-electron chi connectivity index (χ3n) is 6.71. The van der Waals surface area contributed by atoms with Crippen molar-refractivity contribution in [1.82, 2.24) is 5.32 Å². The third-order valence-corrected chi connectivity index (χ3v) is 7.57. The van der Waals surface area contributed by atoms with E-state index < -0.39 is 16.8 Å². The number of carbonyl (C=O) groups is 2. The Morgan fingerprint density at radius 1 is 1.19 bits per heavy atom. The van der Waals surface area contributed by atoms with Crippen molar-refractivity contribution in [1.29, 1.82) is 0 Å². The number of benzene rings is 2. The average molecular weight is 523 g/mol. The van der Waals surface area contributed by atoms with Gasteiger partial charge < -0.3 is 14.8 Å². The Balaban J connectivity index is 1.76. The minimum absolute atomic E-state index is 0.0990. The van der Waals surface area contributed by atoms with Crippen molar-refractivity contribution in [2.24, 2.45) is 0 Å². The number of rotatable bonds is 9. The number of nitrogens with one attached hydrogen (secondary N) is 1. The number of Topliss-reactive ketones (excluding diaryl/α,β-unsaturated/α-hetero) is 1. The summed E-state index contributed by atoms with van der Waals surface area (Å²) in [5, 5.41) is 14.8. The van der Waals surface area contributed by atoms with Crippen LogP contribution in [0.3, 0.4) is 0 Å². The molecule has 0 spiro atoms. The van der Waals surface area contributed by atoms with Gasteiger partial charge in [-0.25, -0.2) is 4.79 Å². The van der Waals surface area contributed by atoms with Gasteiger partial charge in [-0.1, -0.05) is 37.3 Å². The first-order valence-electron chi connectivity index (χ1n) is 12.2. The first-order chi connectivity index (χ1) is 17.8. The number of thioether (sulfide) groups is 1. The van der Waals surface area contributed by atoms with E-state index in [2.05, 4.69) is 5.32 Å². The Morgan fingerprint density at radius 2 is 1.97 bits per heavy atom. The van der Waals surface area contributed by atoms with E-state index in [1.165, 1.54) is 12.1 Å². The van der Waals surface area contributed by atoms with Crippen LogP contribution in [-0.2, 0) is 14.3 Å². The molecule has 0 saturated heterocycles. The van der Waals surface area contributed by atoms with Crippen molar-refractivity contribution in [3.63, 3.8) is 0 Å². The van der Waals surface area contributed by atoms with Crippen molar-refractivity contribution in [2.75, 3.05) is 25.2 Å². The van der Waals surface area contributed by atoms with Gasteiger partial charge >= 0.3 is 5.97 Å². The number of hydrogen-bond acceptors (Lipinski definition) is 8. The van der Waals surface area contributed by atoms with Crippen LogP contribution in [0.1, 0.15) is 49.7 Å². The number of nitro benzene ring substituents is 1. The first kappa shape index (κ1) is 26.5. The molecule has 1 aliphatic heterocycles. The number of carbonyl (C=O) groups excluding carboxylic acids is 2. The van der Waals surface area contributed by atoms with Crippen molar-refractivity contribution >= 4 is 29.2 Å². The molecular formula is C28H30N2O6S. The van der Waals surface area contributed by atoms with Gasteiger partial charge in [-0.05, 0) is 36.3 Å². The number of para-hydroxylation sites is 1. The topological polar surface area (TPSA) is 108 Å². The number of ketones is 1.